The van der Waals surface area contributed by atoms with Gasteiger partial charge in [-0.2, -0.15) is 0 Å². The zero-order chi connectivity index (χ0) is 12.5. The molecule has 5 heteroatoms. The summed E-state index contributed by atoms with van der Waals surface area (Å²) in [5.74, 6) is 0.751. The first-order chi connectivity index (χ1) is 8.74. The van der Waals surface area contributed by atoms with Gasteiger partial charge in [0.25, 0.3) is 0 Å². The van der Waals surface area contributed by atoms with Crippen molar-refractivity contribution in [3.63, 3.8) is 0 Å². The molecule has 3 nitrogen and oxygen atoms in total. The Balaban J connectivity index is 1.92. The molecule has 0 radical (unpaired) electrons. The SMILES string of the molecule is Clc1nc(Cl)c2c(ccn2CC2CCCCC2)n1. The van der Waals surface area contributed by atoms with E-state index in [1.54, 1.807) is 0 Å². The summed E-state index contributed by atoms with van der Waals surface area (Å²) in [5, 5.41) is 0.661. The highest BCUT2D eigenvalue weighted by atomic mass is 35.5. The van der Waals surface area contributed by atoms with Crippen LogP contribution in [-0.4, -0.2) is 14.5 Å². The molecule has 2 heterocycles. The van der Waals surface area contributed by atoms with Crippen LogP contribution in [-0.2, 0) is 6.54 Å². The van der Waals surface area contributed by atoms with E-state index < -0.39 is 0 Å². The molecular formula is C13H15Cl2N3. The Bertz CT molecular complexity index is 559. The van der Waals surface area contributed by atoms with E-state index in [1.807, 2.05) is 12.3 Å². The first-order valence-electron chi connectivity index (χ1n) is 6.42. The predicted molar refractivity (Wildman–Crippen MR) is 74.1 cm³/mol. The molecule has 0 spiro atoms. The van der Waals surface area contributed by atoms with Crippen LogP contribution in [0.5, 0.6) is 0 Å². The molecule has 0 amide bonds. The molecule has 1 saturated carbocycles. The number of hydrogen-bond acceptors (Lipinski definition) is 2. The normalized spacial score (nSPS) is 17.4. The van der Waals surface area contributed by atoms with Gasteiger partial charge in [-0.3, -0.25) is 0 Å². The van der Waals surface area contributed by atoms with Crippen molar-refractivity contribution in [3.05, 3.63) is 22.7 Å². The van der Waals surface area contributed by atoms with Crippen LogP contribution in [0.25, 0.3) is 11.0 Å². The molecule has 96 valence electrons. The summed E-state index contributed by atoms with van der Waals surface area (Å²) >= 11 is 12.0. The van der Waals surface area contributed by atoms with Crippen LogP contribution in [0, 0.1) is 5.92 Å². The van der Waals surface area contributed by atoms with Gasteiger partial charge in [-0.25, -0.2) is 9.97 Å². The quantitative estimate of drug-likeness (QED) is 0.607. The average molecular weight is 284 g/mol. The van der Waals surface area contributed by atoms with Crippen LogP contribution in [0.4, 0.5) is 0 Å². The molecule has 1 aliphatic rings. The summed E-state index contributed by atoms with van der Waals surface area (Å²) in [7, 11) is 0. The van der Waals surface area contributed by atoms with E-state index in [4.69, 9.17) is 23.2 Å². The summed E-state index contributed by atoms with van der Waals surface area (Å²) < 4.78 is 2.17. The molecule has 2 aromatic rings. The maximum absolute atomic E-state index is 6.17. The monoisotopic (exact) mass is 283 g/mol. The van der Waals surface area contributed by atoms with Gasteiger partial charge in [0.15, 0.2) is 5.15 Å². The van der Waals surface area contributed by atoms with Crippen LogP contribution < -0.4 is 0 Å². The van der Waals surface area contributed by atoms with Crippen molar-refractivity contribution in [1.82, 2.24) is 14.5 Å². The minimum atomic E-state index is 0.211. The molecule has 1 aliphatic carbocycles. The molecule has 0 atom stereocenters. The second kappa shape index (κ2) is 5.06. The molecule has 0 aromatic carbocycles. The van der Waals surface area contributed by atoms with Crippen molar-refractivity contribution < 1.29 is 0 Å². The van der Waals surface area contributed by atoms with Gasteiger partial charge in [0, 0.05) is 12.7 Å². The highest BCUT2D eigenvalue weighted by Crippen LogP contribution is 2.28. The van der Waals surface area contributed by atoms with Crippen molar-refractivity contribution in [2.24, 2.45) is 5.92 Å². The third-order valence-corrected chi connectivity index (χ3v) is 4.15. The first kappa shape index (κ1) is 12.2. The van der Waals surface area contributed by atoms with Crippen molar-refractivity contribution in [3.8, 4) is 0 Å². The third-order valence-electron chi connectivity index (χ3n) is 3.72. The lowest BCUT2D eigenvalue weighted by atomic mass is 9.89. The van der Waals surface area contributed by atoms with Crippen molar-refractivity contribution in [2.75, 3.05) is 0 Å². The van der Waals surface area contributed by atoms with Crippen LogP contribution in [0.3, 0.4) is 0 Å². The fourth-order valence-electron chi connectivity index (χ4n) is 2.83. The maximum Gasteiger partial charge on any atom is 0.224 e. The summed E-state index contributed by atoms with van der Waals surface area (Å²) in [6.07, 6.45) is 8.73. The van der Waals surface area contributed by atoms with Gasteiger partial charge in [-0.1, -0.05) is 30.9 Å². The zero-order valence-corrected chi connectivity index (χ0v) is 11.6. The lowest BCUT2D eigenvalue weighted by Crippen LogP contribution is -2.13. The van der Waals surface area contributed by atoms with Crippen LogP contribution in [0.15, 0.2) is 12.3 Å². The Hall–Kier alpha value is -0.800. The van der Waals surface area contributed by atoms with Gasteiger partial charge in [-0.05, 0) is 36.4 Å². The Morgan fingerprint density at radius 1 is 1.17 bits per heavy atom. The molecule has 0 saturated heterocycles. The number of aromatic nitrogens is 3. The Morgan fingerprint density at radius 3 is 2.72 bits per heavy atom. The standard InChI is InChI=1S/C13H15Cl2N3/c14-12-11-10(16-13(15)17-12)6-7-18(11)8-9-4-2-1-3-5-9/h6-7,9H,1-5,8H2. The minimum Gasteiger partial charge on any atom is -0.343 e. The van der Waals surface area contributed by atoms with Crippen LogP contribution in [0.1, 0.15) is 32.1 Å². The average Bonchev–Trinajstić information content (AvgIpc) is 2.73. The number of fused-ring (bicyclic) bond motifs is 1. The Morgan fingerprint density at radius 2 is 1.94 bits per heavy atom. The van der Waals surface area contributed by atoms with E-state index in [0.717, 1.165) is 23.5 Å². The number of rotatable bonds is 2. The molecule has 18 heavy (non-hydrogen) atoms. The molecule has 0 unspecified atom stereocenters. The number of halogens is 2. The zero-order valence-electron chi connectivity index (χ0n) is 10.1. The molecule has 3 rings (SSSR count). The van der Waals surface area contributed by atoms with E-state index in [-0.39, 0.29) is 5.28 Å². The van der Waals surface area contributed by atoms with Gasteiger partial charge < -0.3 is 4.57 Å². The second-order valence-corrected chi connectivity index (χ2v) is 5.69. The van der Waals surface area contributed by atoms with Crippen molar-refractivity contribution >= 4 is 34.2 Å². The molecular weight excluding hydrogens is 269 g/mol. The molecule has 0 N–H and O–H groups in total. The van der Waals surface area contributed by atoms with Crippen molar-refractivity contribution in [2.45, 2.75) is 38.6 Å². The number of nitrogens with zero attached hydrogens (tertiary/aromatic N) is 3. The smallest absolute Gasteiger partial charge is 0.224 e. The number of hydrogen-bond donors (Lipinski definition) is 0. The highest BCUT2D eigenvalue weighted by molar-refractivity contribution is 6.35. The van der Waals surface area contributed by atoms with E-state index in [0.29, 0.717) is 5.15 Å². The van der Waals surface area contributed by atoms with E-state index in [9.17, 15) is 0 Å². The molecule has 0 bridgehead atoms. The lowest BCUT2D eigenvalue weighted by molar-refractivity contribution is 0.322. The van der Waals surface area contributed by atoms with Gasteiger partial charge in [0.05, 0.1) is 5.52 Å². The first-order valence-corrected chi connectivity index (χ1v) is 7.17. The third kappa shape index (κ3) is 2.34. The van der Waals surface area contributed by atoms with Crippen LogP contribution >= 0.6 is 23.2 Å². The van der Waals surface area contributed by atoms with Gasteiger partial charge in [0.1, 0.15) is 5.52 Å². The molecule has 0 aliphatic heterocycles. The second-order valence-electron chi connectivity index (χ2n) is 4.99. The Kier molecular flexibility index (Phi) is 3.44. The molecule has 2 aromatic heterocycles. The topological polar surface area (TPSA) is 30.7 Å². The summed E-state index contributed by atoms with van der Waals surface area (Å²) in [4.78, 5) is 8.23. The van der Waals surface area contributed by atoms with E-state index in [2.05, 4.69) is 14.5 Å². The van der Waals surface area contributed by atoms with Gasteiger partial charge in [-0.15, -0.1) is 0 Å². The molecule has 1 fully saturated rings. The largest absolute Gasteiger partial charge is 0.343 e. The minimum absolute atomic E-state index is 0.211. The van der Waals surface area contributed by atoms with Crippen molar-refractivity contribution in [1.29, 1.82) is 0 Å². The summed E-state index contributed by atoms with van der Waals surface area (Å²) in [6.45, 7) is 1.01. The van der Waals surface area contributed by atoms with Gasteiger partial charge in [0.2, 0.25) is 5.28 Å². The van der Waals surface area contributed by atoms with E-state index in [1.165, 1.54) is 32.1 Å². The maximum atomic E-state index is 6.17. The predicted octanol–water partition coefficient (Wildman–Crippen LogP) is 4.32. The summed E-state index contributed by atoms with van der Waals surface area (Å²) in [5.41, 5.74) is 1.74. The Labute approximate surface area is 116 Å². The lowest BCUT2D eigenvalue weighted by Gasteiger charge is -2.22. The van der Waals surface area contributed by atoms with Crippen LogP contribution in [0.2, 0.25) is 10.4 Å². The van der Waals surface area contributed by atoms with E-state index >= 15 is 0 Å². The fraction of sp³-hybridized carbons (Fsp3) is 0.538. The summed E-state index contributed by atoms with van der Waals surface area (Å²) in [6, 6.07) is 1.96. The van der Waals surface area contributed by atoms with Gasteiger partial charge >= 0.3 is 0 Å². The highest BCUT2D eigenvalue weighted by Gasteiger charge is 2.16. The fourth-order valence-corrected chi connectivity index (χ4v) is 3.34.